The maximum Gasteiger partial charge on any atom is 0.124 e. The molecule has 0 amide bonds. The SMILES string of the molecule is NC(Cc1ccc(Cl)s1)c1cc(F)cc(Br)c1. The molecule has 1 atom stereocenters. The highest BCUT2D eigenvalue weighted by Gasteiger charge is 2.10. The van der Waals surface area contributed by atoms with Crippen molar-refractivity contribution in [2.45, 2.75) is 12.5 Å². The zero-order chi connectivity index (χ0) is 12.4. The number of hydrogen-bond acceptors (Lipinski definition) is 2. The maximum atomic E-state index is 13.2. The van der Waals surface area contributed by atoms with E-state index in [-0.39, 0.29) is 11.9 Å². The van der Waals surface area contributed by atoms with E-state index in [0.29, 0.717) is 10.9 Å². The fourth-order valence-electron chi connectivity index (χ4n) is 1.59. The summed E-state index contributed by atoms with van der Waals surface area (Å²) in [4.78, 5) is 1.10. The number of thiophene rings is 1. The lowest BCUT2D eigenvalue weighted by Gasteiger charge is -2.11. The Bertz CT molecular complexity index is 509. The molecule has 90 valence electrons. The van der Waals surface area contributed by atoms with Crippen LogP contribution in [0, 0.1) is 5.82 Å². The largest absolute Gasteiger partial charge is 0.324 e. The Hall–Kier alpha value is -0.420. The minimum absolute atomic E-state index is 0.225. The van der Waals surface area contributed by atoms with Gasteiger partial charge in [0.2, 0.25) is 0 Å². The summed E-state index contributed by atoms with van der Waals surface area (Å²) >= 11 is 10.6. The molecule has 1 nitrogen and oxygen atoms in total. The molecule has 0 radical (unpaired) electrons. The molecule has 0 aliphatic heterocycles. The molecule has 0 spiro atoms. The molecule has 0 fully saturated rings. The normalized spacial score (nSPS) is 12.7. The van der Waals surface area contributed by atoms with Gasteiger partial charge in [-0.1, -0.05) is 27.5 Å². The first-order chi connectivity index (χ1) is 8.04. The Morgan fingerprint density at radius 1 is 1.35 bits per heavy atom. The van der Waals surface area contributed by atoms with Gasteiger partial charge in [0.25, 0.3) is 0 Å². The van der Waals surface area contributed by atoms with Gasteiger partial charge in [-0.2, -0.15) is 0 Å². The topological polar surface area (TPSA) is 26.0 Å². The third kappa shape index (κ3) is 3.52. The summed E-state index contributed by atoms with van der Waals surface area (Å²) in [6.45, 7) is 0. The molecule has 1 heterocycles. The van der Waals surface area contributed by atoms with Crippen LogP contribution in [0.1, 0.15) is 16.5 Å². The predicted molar refractivity (Wildman–Crippen MR) is 74.1 cm³/mol. The van der Waals surface area contributed by atoms with Crippen molar-refractivity contribution in [2.75, 3.05) is 0 Å². The Balaban J connectivity index is 2.16. The van der Waals surface area contributed by atoms with Crippen molar-refractivity contribution in [3.8, 4) is 0 Å². The van der Waals surface area contributed by atoms with Crippen LogP contribution >= 0.6 is 38.9 Å². The lowest BCUT2D eigenvalue weighted by atomic mass is 10.0. The predicted octanol–water partition coefficient (Wildman–Crippen LogP) is 4.55. The van der Waals surface area contributed by atoms with E-state index >= 15 is 0 Å². The van der Waals surface area contributed by atoms with Crippen molar-refractivity contribution >= 4 is 38.9 Å². The van der Waals surface area contributed by atoms with Gasteiger partial charge in [0.05, 0.1) is 4.34 Å². The van der Waals surface area contributed by atoms with Crippen molar-refractivity contribution in [3.05, 3.63) is 55.4 Å². The average molecular weight is 335 g/mol. The van der Waals surface area contributed by atoms with E-state index in [1.165, 1.54) is 23.5 Å². The molecule has 0 saturated carbocycles. The number of hydrogen-bond donors (Lipinski definition) is 1. The molecular formula is C12H10BrClFNS. The van der Waals surface area contributed by atoms with Gasteiger partial charge in [0.1, 0.15) is 5.82 Å². The molecule has 17 heavy (non-hydrogen) atoms. The quantitative estimate of drug-likeness (QED) is 0.876. The maximum absolute atomic E-state index is 13.2. The molecule has 2 aromatic rings. The first-order valence-corrected chi connectivity index (χ1v) is 6.99. The zero-order valence-corrected chi connectivity index (χ0v) is 11.9. The summed E-state index contributed by atoms with van der Waals surface area (Å²) in [6, 6.07) is 8.28. The molecule has 0 aliphatic rings. The van der Waals surface area contributed by atoms with Crippen molar-refractivity contribution in [1.29, 1.82) is 0 Å². The van der Waals surface area contributed by atoms with Gasteiger partial charge >= 0.3 is 0 Å². The van der Waals surface area contributed by atoms with Crippen LogP contribution in [-0.2, 0) is 6.42 Å². The molecule has 0 saturated heterocycles. The minimum Gasteiger partial charge on any atom is -0.324 e. The van der Waals surface area contributed by atoms with E-state index in [4.69, 9.17) is 17.3 Å². The molecule has 2 N–H and O–H groups in total. The minimum atomic E-state index is -0.283. The van der Waals surface area contributed by atoms with Gasteiger partial charge in [0, 0.05) is 21.8 Å². The summed E-state index contributed by atoms with van der Waals surface area (Å²) < 4.78 is 14.7. The lowest BCUT2D eigenvalue weighted by Crippen LogP contribution is -2.12. The highest BCUT2D eigenvalue weighted by Crippen LogP contribution is 2.27. The van der Waals surface area contributed by atoms with E-state index in [1.54, 1.807) is 0 Å². The highest BCUT2D eigenvalue weighted by atomic mass is 79.9. The molecule has 2 rings (SSSR count). The van der Waals surface area contributed by atoms with Crippen LogP contribution in [0.25, 0.3) is 0 Å². The number of benzene rings is 1. The van der Waals surface area contributed by atoms with Crippen LogP contribution in [-0.4, -0.2) is 0 Å². The molecular weight excluding hydrogens is 325 g/mol. The Morgan fingerprint density at radius 3 is 2.71 bits per heavy atom. The van der Waals surface area contributed by atoms with E-state index in [2.05, 4.69) is 15.9 Å². The number of halogens is 3. The standard InChI is InChI=1S/C12H10BrClFNS/c13-8-3-7(4-9(15)5-8)11(16)6-10-1-2-12(14)17-10/h1-5,11H,6,16H2. The van der Waals surface area contributed by atoms with Crippen LogP contribution in [0.4, 0.5) is 4.39 Å². The second kappa shape index (κ2) is 5.48. The summed E-state index contributed by atoms with van der Waals surface area (Å²) in [5.74, 6) is -0.283. The van der Waals surface area contributed by atoms with Gasteiger partial charge in [-0.15, -0.1) is 11.3 Å². The van der Waals surface area contributed by atoms with Gasteiger partial charge in [-0.25, -0.2) is 4.39 Å². The van der Waals surface area contributed by atoms with Crippen LogP contribution < -0.4 is 5.73 Å². The third-order valence-electron chi connectivity index (χ3n) is 2.36. The van der Waals surface area contributed by atoms with E-state index in [1.807, 2.05) is 18.2 Å². The van der Waals surface area contributed by atoms with Crippen molar-refractivity contribution in [2.24, 2.45) is 5.73 Å². The molecule has 0 bridgehead atoms. The zero-order valence-electron chi connectivity index (χ0n) is 8.79. The summed E-state index contributed by atoms with van der Waals surface area (Å²) in [7, 11) is 0. The molecule has 0 aliphatic carbocycles. The van der Waals surface area contributed by atoms with E-state index in [9.17, 15) is 4.39 Å². The van der Waals surface area contributed by atoms with E-state index < -0.39 is 0 Å². The molecule has 5 heteroatoms. The Kier molecular flexibility index (Phi) is 4.20. The summed E-state index contributed by atoms with van der Waals surface area (Å²) in [5.41, 5.74) is 6.83. The van der Waals surface area contributed by atoms with Gasteiger partial charge in [-0.3, -0.25) is 0 Å². The number of rotatable bonds is 3. The van der Waals surface area contributed by atoms with Gasteiger partial charge < -0.3 is 5.73 Å². The van der Waals surface area contributed by atoms with Crippen molar-refractivity contribution in [3.63, 3.8) is 0 Å². The van der Waals surface area contributed by atoms with Crippen LogP contribution in [0.3, 0.4) is 0 Å². The van der Waals surface area contributed by atoms with Gasteiger partial charge in [-0.05, 0) is 35.9 Å². The Morgan fingerprint density at radius 2 is 2.12 bits per heavy atom. The van der Waals surface area contributed by atoms with Crippen molar-refractivity contribution < 1.29 is 4.39 Å². The molecule has 1 aromatic carbocycles. The van der Waals surface area contributed by atoms with Crippen molar-refractivity contribution in [1.82, 2.24) is 0 Å². The second-order valence-electron chi connectivity index (χ2n) is 3.72. The lowest BCUT2D eigenvalue weighted by molar-refractivity contribution is 0.618. The van der Waals surface area contributed by atoms with Crippen LogP contribution in [0.15, 0.2) is 34.8 Å². The van der Waals surface area contributed by atoms with Crippen LogP contribution in [0.2, 0.25) is 4.34 Å². The average Bonchev–Trinajstić information content (AvgIpc) is 2.62. The smallest absolute Gasteiger partial charge is 0.124 e. The van der Waals surface area contributed by atoms with Crippen LogP contribution in [0.5, 0.6) is 0 Å². The second-order valence-corrected chi connectivity index (χ2v) is 6.43. The molecule has 1 unspecified atom stereocenters. The first kappa shape index (κ1) is 13.0. The monoisotopic (exact) mass is 333 g/mol. The fraction of sp³-hybridized carbons (Fsp3) is 0.167. The van der Waals surface area contributed by atoms with E-state index in [0.717, 1.165) is 14.8 Å². The summed E-state index contributed by atoms with van der Waals surface area (Å²) in [5, 5.41) is 0. The third-order valence-corrected chi connectivity index (χ3v) is 4.07. The van der Waals surface area contributed by atoms with Gasteiger partial charge in [0.15, 0.2) is 0 Å². The highest BCUT2D eigenvalue weighted by molar-refractivity contribution is 9.10. The molecule has 1 aromatic heterocycles. The number of nitrogens with two attached hydrogens (primary N) is 1. The Labute approximate surface area is 117 Å². The fourth-order valence-corrected chi connectivity index (χ4v) is 3.21. The summed E-state index contributed by atoms with van der Waals surface area (Å²) in [6.07, 6.45) is 0.660. The first-order valence-electron chi connectivity index (χ1n) is 5.00.